The molecule has 1 aromatic rings. The molecule has 2 rings (SSSR count). The van der Waals surface area contributed by atoms with Gasteiger partial charge >= 0.3 is 0 Å². The van der Waals surface area contributed by atoms with Crippen LogP contribution >= 0.6 is 11.6 Å². The number of hydrogen-bond donors (Lipinski definition) is 2. The van der Waals surface area contributed by atoms with Gasteiger partial charge in [0.15, 0.2) is 0 Å². The van der Waals surface area contributed by atoms with Gasteiger partial charge in [0.25, 0.3) is 0 Å². The van der Waals surface area contributed by atoms with Crippen molar-refractivity contribution < 1.29 is 14.4 Å². The van der Waals surface area contributed by atoms with E-state index in [4.69, 9.17) is 16.3 Å². The number of anilines is 1. The molecule has 4 nitrogen and oxygen atoms in total. The second-order valence-corrected chi connectivity index (χ2v) is 4.80. The maximum Gasteiger partial charge on any atom is 0.230 e. The zero-order chi connectivity index (χ0) is 12.8. The molecule has 0 unspecified atom stereocenters. The summed E-state index contributed by atoms with van der Waals surface area (Å²) in [6.07, 6.45) is 0.514. The van der Waals surface area contributed by atoms with Crippen molar-refractivity contribution in [3.05, 3.63) is 29.3 Å². The highest BCUT2D eigenvalue weighted by Gasteiger charge is 2.15. The first-order valence-corrected chi connectivity index (χ1v) is 6.59. The second-order valence-electron chi connectivity index (χ2n) is 4.39. The lowest BCUT2D eigenvalue weighted by Crippen LogP contribution is -3.14. The largest absolute Gasteiger partial charge is 0.370 e. The summed E-state index contributed by atoms with van der Waals surface area (Å²) >= 11 is 5.98. The zero-order valence-electron chi connectivity index (χ0n) is 10.2. The number of benzene rings is 1. The van der Waals surface area contributed by atoms with Gasteiger partial charge in [0.1, 0.15) is 13.1 Å². The van der Waals surface area contributed by atoms with Gasteiger partial charge in [-0.25, -0.2) is 0 Å². The van der Waals surface area contributed by atoms with E-state index in [1.165, 1.54) is 4.90 Å². The molecule has 1 aliphatic heterocycles. The summed E-state index contributed by atoms with van der Waals surface area (Å²) in [6.45, 7) is 4.40. The predicted molar refractivity (Wildman–Crippen MR) is 71.1 cm³/mol. The molecular weight excluding hydrogens is 252 g/mol. The lowest BCUT2D eigenvalue weighted by molar-refractivity contribution is -0.907. The zero-order valence-corrected chi connectivity index (χ0v) is 11.0. The minimum Gasteiger partial charge on any atom is -0.370 e. The van der Waals surface area contributed by atoms with Crippen molar-refractivity contribution >= 4 is 23.2 Å². The third-order valence-electron chi connectivity index (χ3n) is 3.05. The van der Waals surface area contributed by atoms with Crippen molar-refractivity contribution in [3.63, 3.8) is 0 Å². The van der Waals surface area contributed by atoms with E-state index in [9.17, 15) is 4.79 Å². The molecule has 1 heterocycles. The Balaban J connectivity index is 1.76. The number of amides is 1. The van der Waals surface area contributed by atoms with Crippen LogP contribution in [0.15, 0.2) is 24.3 Å². The van der Waals surface area contributed by atoms with Gasteiger partial charge in [0, 0.05) is 0 Å². The summed E-state index contributed by atoms with van der Waals surface area (Å²) in [6, 6.07) is 7.27. The number of halogens is 1. The van der Waals surface area contributed by atoms with Gasteiger partial charge in [-0.05, 0) is 12.1 Å². The van der Waals surface area contributed by atoms with E-state index in [2.05, 4.69) is 5.32 Å². The van der Waals surface area contributed by atoms with Crippen molar-refractivity contribution in [2.75, 3.05) is 38.2 Å². The van der Waals surface area contributed by atoms with E-state index in [0.717, 1.165) is 32.8 Å². The highest BCUT2D eigenvalue weighted by atomic mass is 35.5. The van der Waals surface area contributed by atoms with Crippen LogP contribution < -0.4 is 10.2 Å². The summed E-state index contributed by atoms with van der Waals surface area (Å²) in [7, 11) is 0. The molecular formula is C13H18ClN2O2+. The first-order chi connectivity index (χ1) is 8.75. The quantitative estimate of drug-likeness (QED) is 0.840. The number of hydrogen-bond acceptors (Lipinski definition) is 2. The lowest BCUT2D eigenvalue weighted by atomic mass is 10.3. The Hall–Kier alpha value is -1.10. The van der Waals surface area contributed by atoms with E-state index in [1.54, 1.807) is 6.07 Å². The molecule has 0 aromatic heterocycles. The molecule has 0 saturated carbocycles. The van der Waals surface area contributed by atoms with Crippen LogP contribution in [0.4, 0.5) is 5.69 Å². The molecule has 0 radical (unpaired) electrons. The number of carbonyl (C=O) groups is 1. The number of quaternary nitrogens is 1. The Bertz CT molecular complexity index is 406. The van der Waals surface area contributed by atoms with Gasteiger partial charge in [-0.3, -0.25) is 4.79 Å². The molecule has 2 N–H and O–H groups in total. The van der Waals surface area contributed by atoms with Crippen LogP contribution in [0, 0.1) is 0 Å². The Labute approximate surface area is 112 Å². The SMILES string of the molecule is O=C(CC[NH+]1CCOCC1)Nc1ccccc1Cl. The summed E-state index contributed by atoms with van der Waals surface area (Å²) in [5, 5.41) is 3.41. The predicted octanol–water partition coefficient (Wildman–Crippen LogP) is 0.584. The van der Waals surface area contributed by atoms with Crippen LogP contribution in [0.1, 0.15) is 6.42 Å². The molecule has 5 heteroatoms. The molecule has 0 spiro atoms. The van der Waals surface area contributed by atoms with Crippen LogP contribution in [0.2, 0.25) is 5.02 Å². The summed E-state index contributed by atoms with van der Waals surface area (Å²) in [5.41, 5.74) is 0.682. The van der Waals surface area contributed by atoms with Gasteiger partial charge in [-0.2, -0.15) is 0 Å². The maximum absolute atomic E-state index is 11.8. The molecule has 98 valence electrons. The molecule has 1 amide bonds. The first kappa shape index (κ1) is 13.3. The van der Waals surface area contributed by atoms with Gasteiger partial charge in [0.05, 0.1) is 36.9 Å². The molecule has 1 fully saturated rings. The van der Waals surface area contributed by atoms with Gasteiger partial charge in [-0.15, -0.1) is 0 Å². The number of ether oxygens (including phenoxy) is 1. The average Bonchev–Trinajstić information content (AvgIpc) is 2.40. The third kappa shape index (κ3) is 3.98. The molecule has 0 atom stereocenters. The monoisotopic (exact) mass is 269 g/mol. The van der Waals surface area contributed by atoms with Crippen molar-refractivity contribution in [2.45, 2.75) is 6.42 Å². The molecule has 0 aliphatic carbocycles. The van der Waals surface area contributed by atoms with E-state index < -0.39 is 0 Å². The van der Waals surface area contributed by atoms with Crippen LogP contribution in [-0.4, -0.2) is 38.8 Å². The van der Waals surface area contributed by atoms with Crippen LogP contribution in [0.5, 0.6) is 0 Å². The molecule has 1 aromatic carbocycles. The number of morpholine rings is 1. The summed E-state index contributed by atoms with van der Waals surface area (Å²) in [5.74, 6) is 0.0158. The normalized spacial score (nSPS) is 16.5. The second kappa shape index (κ2) is 6.73. The van der Waals surface area contributed by atoms with Gasteiger partial charge < -0.3 is 15.0 Å². The molecule has 1 aliphatic rings. The summed E-state index contributed by atoms with van der Waals surface area (Å²) in [4.78, 5) is 13.2. The van der Waals surface area contributed by atoms with Crippen LogP contribution in [-0.2, 0) is 9.53 Å². The molecule has 0 bridgehead atoms. The molecule has 1 saturated heterocycles. The highest BCUT2D eigenvalue weighted by molar-refractivity contribution is 6.33. The summed E-state index contributed by atoms with van der Waals surface area (Å²) < 4.78 is 5.28. The standard InChI is InChI=1S/C13H17ClN2O2/c14-11-3-1-2-4-12(11)15-13(17)5-6-16-7-9-18-10-8-16/h1-4H,5-10H2,(H,15,17)/p+1. The van der Waals surface area contributed by atoms with E-state index in [-0.39, 0.29) is 5.91 Å². The molecule has 18 heavy (non-hydrogen) atoms. The van der Waals surface area contributed by atoms with Crippen molar-refractivity contribution in [1.29, 1.82) is 0 Å². The van der Waals surface area contributed by atoms with Crippen LogP contribution in [0.3, 0.4) is 0 Å². The Kier molecular flexibility index (Phi) is 4.99. The topological polar surface area (TPSA) is 42.8 Å². The minimum atomic E-state index is 0.0158. The fourth-order valence-corrected chi connectivity index (χ4v) is 2.16. The average molecular weight is 270 g/mol. The van der Waals surface area contributed by atoms with E-state index in [1.807, 2.05) is 18.2 Å². The number of para-hydroxylation sites is 1. The van der Waals surface area contributed by atoms with Crippen molar-refractivity contribution in [3.8, 4) is 0 Å². The van der Waals surface area contributed by atoms with Gasteiger partial charge in [-0.1, -0.05) is 23.7 Å². The Morgan fingerprint density at radius 2 is 2.06 bits per heavy atom. The number of carbonyl (C=O) groups excluding carboxylic acids is 1. The van der Waals surface area contributed by atoms with Crippen LogP contribution in [0.25, 0.3) is 0 Å². The number of rotatable bonds is 4. The maximum atomic E-state index is 11.8. The van der Waals surface area contributed by atoms with Gasteiger partial charge in [0.2, 0.25) is 5.91 Å². The fraction of sp³-hybridized carbons (Fsp3) is 0.462. The fourth-order valence-electron chi connectivity index (χ4n) is 1.98. The first-order valence-electron chi connectivity index (χ1n) is 6.21. The minimum absolute atomic E-state index is 0.0158. The third-order valence-corrected chi connectivity index (χ3v) is 3.38. The smallest absolute Gasteiger partial charge is 0.230 e. The Morgan fingerprint density at radius 3 is 2.78 bits per heavy atom. The lowest BCUT2D eigenvalue weighted by Gasteiger charge is -2.23. The van der Waals surface area contributed by atoms with E-state index >= 15 is 0 Å². The van der Waals surface area contributed by atoms with E-state index in [0.29, 0.717) is 17.1 Å². The Morgan fingerprint density at radius 1 is 1.33 bits per heavy atom. The van der Waals surface area contributed by atoms with Crippen molar-refractivity contribution in [1.82, 2.24) is 0 Å². The van der Waals surface area contributed by atoms with Crippen molar-refractivity contribution in [2.24, 2.45) is 0 Å². The number of nitrogens with one attached hydrogen (secondary N) is 2. The highest BCUT2D eigenvalue weighted by Crippen LogP contribution is 2.20.